The molecule has 0 aliphatic rings. The van der Waals surface area contributed by atoms with Gasteiger partial charge in [-0.1, -0.05) is 0 Å². The van der Waals surface area contributed by atoms with Crippen LogP contribution in [0.15, 0.2) is 24.5 Å². The van der Waals surface area contributed by atoms with E-state index in [0.29, 0.717) is 0 Å². The zero-order valence-corrected chi connectivity index (χ0v) is 9.88. The van der Waals surface area contributed by atoms with Crippen LogP contribution in [-0.4, -0.2) is 14.9 Å². The van der Waals surface area contributed by atoms with Crippen molar-refractivity contribution in [3.05, 3.63) is 39.8 Å². The lowest BCUT2D eigenvalue weighted by molar-refractivity contribution is 0.106. The van der Waals surface area contributed by atoms with E-state index in [-0.39, 0.29) is 0 Å². The van der Waals surface area contributed by atoms with Gasteiger partial charge in [0.05, 0.1) is 6.20 Å². The van der Waals surface area contributed by atoms with E-state index in [0.717, 1.165) is 10.4 Å². The first-order valence-corrected chi connectivity index (χ1v) is 5.60. The molecule has 0 fully saturated rings. The minimum absolute atomic E-state index is 0.826. The summed E-state index contributed by atoms with van der Waals surface area (Å²) in [7, 11) is 1.85. The molecule has 2 rings (SSSR count). The number of hydrogen-bond donors (Lipinski definition) is 1. The highest BCUT2D eigenvalue weighted by Gasteiger charge is 2.28. The third kappa shape index (κ3) is 1.82. The fraction of sp³-hybridized carbons (Fsp3) is 0.364. The highest BCUT2D eigenvalue weighted by atomic mass is 32.1. The fourth-order valence-electron chi connectivity index (χ4n) is 1.51. The largest absolute Gasteiger partial charge is 0.380 e. The van der Waals surface area contributed by atoms with E-state index >= 15 is 0 Å². The van der Waals surface area contributed by atoms with Crippen LogP contribution in [0.4, 0.5) is 0 Å². The molecular weight excluding hydrogens is 208 g/mol. The van der Waals surface area contributed by atoms with Gasteiger partial charge in [0.1, 0.15) is 5.60 Å². The van der Waals surface area contributed by atoms with Gasteiger partial charge in [-0.15, -0.1) is 11.3 Å². The normalized spacial score (nSPS) is 15.2. The number of aromatic nitrogens is 2. The van der Waals surface area contributed by atoms with Crippen molar-refractivity contribution < 1.29 is 5.11 Å². The lowest BCUT2D eigenvalue weighted by atomic mass is 9.98. The number of rotatable bonds is 2. The molecule has 0 saturated carbocycles. The van der Waals surface area contributed by atoms with E-state index in [2.05, 4.69) is 5.10 Å². The molecule has 0 spiro atoms. The van der Waals surface area contributed by atoms with Gasteiger partial charge in [-0.3, -0.25) is 4.68 Å². The van der Waals surface area contributed by atoms with Crippen LogP contribution >= 0.6 is 11.3 Å². The number of hydrogen-bond acceptors (Lipinski definition) is 3. The van der Waals surface area contributed by atoms with E-state index in [1.54, 1.807) is 29.1 Å². The van der Waals surface area contributed by atoms with Crippen LogP contribution in [0.1, 0.15) is 22.2 Å². The predicted molar refractivity (Wildman–Crippen MR) is 60.9 cm³/mol. The van der Waals surface area contributed by atoms with Crippen molar-refractivity contribution in [1.82, 2.24) is 9.78 Å². The first-order chi connectivity index (χ1) is 7.00. The van der Waals surface area contributed by atoms with Crippen LogP contribution in [0.5, 0.6) is 0 Å². The van der Waals surface area contributed by atoms with E-state index in [1.165, 1.54) is 4.88 Å². The van der Waals surface area contributed by atoms with Gasteiger partial charge >= 0.3 is 0 Å². The number of aliphatic hydroxyl groups is 1. The summed E-state index contributed by atoms with van der Waals surface area (Å²) in [5, 5.41) is 14.5. The Bertz CT molecular complexity index is 428. The summed E-state index contributed by atoms with van der Waals surface area (Å²) in [4.78, 5) is 2.15. The Morgan fingerprint density at radius 1 is 1.47 bits per heavy atom. The molecule has 0 saturated heterocycles. The van der Waals surface area contributed by atoms with Gasteiger partial charge in [0.15, 0.2) is 0 Å². The number of thiophene rings is 1. The van der Waals surface area contributed by atoms with Gasteiger partial charge in [0, 0.05) is 28.6 Å². The molecule has 80 valence electrons. The lowest BCUT2D eigenvalue weighted by Crippen LogP contribution is -2.20. The third-order valence-electron chi connectivity index (χ3n) is 2.49. The van der Waals surface area contributed by atoms with Crippen LogP contribution in [0, 0.1) is 6.92 Å². The second-order valence-electron chi connectivity index (χ2n) is 3.89. The van der Waals surface area contributed by atoms with Crippen molar-refractivity contribution in [2.75, 3.05) is 0 Å². The minimum atomic E-state index is -0.937. The first-order valence-electron chi connectivity index (χ1n) is 4.78. The van der Waals surface area contributed by atoms with Crippen molar-refractivity contribution in [2.24, 2.45) is 7.05 Å². The maximum absolute atomic E-state index is 10.4. The Hall–Kier alpha value is -1.13. The van der Waals surface area contributed by atoms with Crippen LogP contribution in [0.2, 0.25) is 0 Å². The summed E-state index contributed by atoms with van der Waals surface area (Å²) in [6, 6.07) is 3.98. The number of nitrogens with zero attached hydrogens (tertiary/aromatic N) is 2. The maximum atomic E-state index is 10.4. The molecule has 4 heteroatoms. The van der Waals surface area contributed by atoms with E-state index in [4.69, 9.17) is 0 Å². The SMILES string of the molecule is Cc1ccc(C(C)(O)c2cnn(C)c2)s1. The Morgan fingerprint density at radius 3 is 2.67 bits per heavy atom. The zero-order valence-electron chi connectivity index (χ0n) is 9.06. The third-order valence-corrected chi connectivity index (χ3v) is 3.70. The summed E-state index contributed by atoms with van der Waals surface area (Å²) >= 11 is 1.61. The molecule has 0 aliphatic carbocycles. The molecule has 3 nitrogen and oxygen atoms in total. The molecule has 2 heterocycles. The summed E-state index contributed by atoms with van der Waals surface area (Å²) in [6.07, 6.45) is 3.55. The van der Waals surface area contributed by atoms with E-state index in [1.807, 2.05) is 32.3 Å². The van der Waals surface area contributed by atoms with Crippen molar-refractivity contribution in [3.8, 4) is 0 Å². The average Bonchev–Trinajstić information content (AvgIpc) is 2.74. The van der Waals surface area contributed by atoms with Crippen LogP contribution < -0.4 is 0 Å². The zero-order chi connectivity index (χ0) is 11.1. The summed E-state index contributed by atoms with van der Waals surface area (Å²) < 4.78 is 1.70. The van der Waals surface area contributed by atoms with Gasteiger partial charge in [-0.05, 0) is 26.0 Å². The Morgan fingerprint density at radius 2 is 2.20 bits per heavy atom. The molecule has 0 amide bonds. The minimum Gasteiger partial charge on any atom is -0.380 e. The second kappa shape index (κ2) is 3.47. The Labute approximate surface area is 93.0 Å². The topological polar surface area (TPSA) is 38.1 Å². The fourth-order valence-corrected chi connectivity index (χ4v) is 2.45. The molecule has 0 aliphatic heterocycles. The van der Waals surface area contributed by atoms with E-state index in [9.17, 15) is 5.11 Å². The molecule has 2 aromatic heterocycles. The van der Waals surface area contributed by atoms with Crippen LogP contribution in [0.3, 0.4) is 0 Å². The molecule has 2 aromatic rings. The van der Waals surface area contributed by atoms with Gasteiger partial charge < -0.3 is 5.11 Å². The molecular formula is C11H14N2OS. The summed E-state index contributed by atoms with van der Waals surface area (Å²) in [6.45, 7) is 3.84. The van der Waals surface area contributed by atoms with E-state index < -0.39 is 5.60 Å². The Balaban J connectivity index is 2.42. The highest BCUT2D eigenvalue weighted by molar-refractivity contribution is 7.12. The molecule has 1 unspecified atom stereocenters. The molecule has 0 bridgehead atoms. The monoisotopic (exact) mass is 222 g/mol. The highest BCUT2D eigenvalue weighted by Crippen LogP contribution is 2.33. The van der Waals surface area contributed by atoms with Crippen LogP contribution in [0.25, 0.3) is 0 Å². The van der Waals surface area contributed by atoms with Crippen LogP contribution in [-0.2, 0) is 12.6 Å². The summed E-state index contributed by atoms with van der Waals surface area (Å²) in [5.74, 6) is 0. The van der Waals surface area contributed by atoms with Crippen molar-refractivity contribution in [1.29, 1.82) is 0 Å². The maximum Gasteiger partial charge on any atom is 0.124 e. The Kier molecular flexibility index (Phi) is 2.40. The van der Waals surface area contributed by atoms with Crippen molar-refractivity contribution in [3.63, 3.8) is 0 Å². The smallest absolute Gasteiger partial charge is 0.124 e. The standard InChI is InChI=1S/C11H14N2OS/c1-8-4-5-10(15-8)11(2,14)9-6-12-13(3)7-9/h4-7,14H,1-3H3. The van der Waals surface area contributed by atoms with Crippen molar-refractivity contribution in [2.45, 2.75) is 19.4 Å². The molecule has 1 atom stereocenters. The molecule has 1 N–H and O–H groups in total. The molecule has 0 radical (unpaired) electrons. The quantitative estimate of drug-likeness (QED) is 0.844. The van der Waals surface area contributed by atoms with Gasteiger partial charge in [-0.2, -0.15) is 5.10 Å². The van der Waals surface area contributed by atoms with Crippen molar-refractivity contribution >= 4 is 11.3 Å². The second-order valence-corrected chi connectivity index (χ2v) is 5.17. The van der Waals surface area contributed by atoms with Gasteiger partial charge in [-0.25, -0.2) is 0 Å². The lowest BCUT2D eigenvalue weighted by Gasteiger charge is -2.19. The first kappa shape index (κ1) is 10.4. The number of aryl methyl sites for hydroxylation is 2. The predicted octanol–water partition coefficient (Wildman–Crippen LogP) is 2.05. The molecule has 0 aromatic carbocycles. The van der Waals surface area contributed by atoms with Gasteiger partial charge in [0.25, 0.3) is 0 Å². The average molecular weight is 222 g/mol. The summed E-state index contributed by atoms with van der Waals surface area (Å²) in [5.41, 5.74) is -0.112. The molecule has 15 heavy (non-hydrogen) atoms. The van der Waals surface area contributed by atoms with Gasteiger partial charge in [0.2, 0.25) is 0 Å².